The van der Waals surface area contributed by atoms with Crippen LogP contribution < -0.4 is 0 Å². The van der Waals surface area contributed by atoms with Crippen LogP contribution in [0.25, 0.3) is 11.1 Å². The number of benzene rings is 2. The fraction of sp³-hybridized carbons (Fsp3) is 0.318. The quantitative estimate of drug-likeness (QED) is 0.698. The van der Waals surface area contributed by atoms with Gasteiger partial charge in [-0.05, 0) is 11.1 Å². The van der Waals surface area contributed by atoms with Crippen LogP contribution in [0.5, 0.6) is 0 Å². The largest absolute Gasteiger partial charge is 0.344 e. The second-order valence-corrected chi connectivity index (χ2v) is 7.67. The standard InChI is InChI=1S/C22H24N2O2/c1-21(2)15-25-22(26-16-21,14-24-13-12-23-17-24)20-10-8-19(9-11-20)18-6-4-3-5-7-18/h3-13,17H,14-16H2,1-2H3. The lowest BCUT2D eigenvalue weighted by atomic mass is 9.92. The molecule has 0 radical (unpaired) electrons. The molecule has 0 saturated carbocycles. The number of nitrogens with zero attached hydrogens (tertiary/aromatic N) is 2. The predicted molar refractivity (Wildman–Crippen MR) is 101 cm³/mol. The summed E-state index contributed by atoms with van der Waals surface area (Å²) in [6.45, 7) is 6.21. The third-order valence-electron chi connectivity index (χ3n) is 4.77. The number of imidazole rings is 1. The molecule has 0 spiro atoms. The highest BCUT2D eigenvalue weighted by atomic mass is 16.7. The monoisotopic (exact) mass is 348 g/mol. The molecule has 0 bridgehead atoms. The highest BCUT2D eigenvalue weighted by Crippen LogP contribution is 2.38. The average molecular weight is 348 g/mol. The van der Waals surface area contributed by atoms with Crippen molar-refractivity contribution in [2.75, 3.05) is 13.2 Å². The van der Waals surface area contributed by atoms with Crippen molar-refractivity contribution < 1.29 is 9.47 Å². The van der Waals surface area contributed by atoms with Crippen molar-refractivity contribution in [3.63, 3.8) is 0 Å². The first-order valence-electron chi connectivity index (χ1n) is 8.96. The summed E-state index contributed by atoms with van der Waals surface area (Å²) >= 11 is 0. The Morgan fingerprint density at radius 2 is 1.58 bits per heavy atom. The first kappa shape index (κ1) is 17.0. The molecule has 0 N–H and O–H groups in total. The van der Waals surface area contributed by atoms with Crippen LogP contribution in [0, 0.1) is 5.41 Å². The zero-order valence-corrected chi connectivity index (χ0v) is 15.3. The number of hydrogen-bond acceptors (Lipinski definition) is 3. The molecule has 1 aromatic heterocycles. The van der Waals surface area contributed by atoms with E-state index in [0.29, 0.717) is 19.8 Å². The van der Waals surface area contributed by atoms with Crippen molar-refractivity contribution in [1.82, 2.24) is 9.55 Å². The Balaban J connectivity index is 1.65. The molecule has 0 amide bonds. The summed E-state index contributed by atoms with van der Waals surface area (Å²) in [6.07, 6.45) is 5.51. The minimum atomic E-state index is -0.786. The Kier molecular flexibility index (Phi) is 4.39. The van der Waals surface area contributed by atoms with Gasteiger partial charge in [0.25, 0.3) is 0 Å². The average Bonchev–Trinajstić information content (AvgIpc) is 3.18. The van der Waals surface area contributed by atoms with E-state index in [9.17, 15) is 0 Å². The van der Waals surface area contributed by atoms with Gasteiger partial charge >= 0.3 is 0 Å². The maximum absolute atomic E-state index is 6.31. The van der Waals surface area contributed by atoms with E-state index in [4.69, 9.17) is 9.47 Å². The van der Waals surface area contributed by atoms with Crippen LogP contribution in [-0.2, 0) is 21.8 Å². The first-order chi connectivity index (χ1) is 12.6. The van der Waals surface area contributed by atoms with Gasteiger partial charge in [-0.2, -0.15) is 0 Å². The maximum atomic E-state index is 6.31. The minimum absolute atomic E-state index is 0.0163. The molecule has 0 atom stereocenters. The van der Waals surface area contributed by atoms with Gasteiger partial charge in [0.1, 0.15) is 0 Å². The highest BCUT2D eigenvalue weighted by Gasteiger charge is 2.42. The molecule has 3 aromatic rings. The summed E-state index contributed by atoms with van der Waals surface area (Å²) in [5.41, 5.74) is 3.43. The van der Waals surface area contributed by atoms with Crippen molar-refractivity contribution in [1.29, 1.82) is 0 Å². The Morgan fingerprint density at radius 1 is 0.923 bits per heavy atom. The smallest absolute Gasteiger partial charge is 0.213 e. The van der Waals surface area contributed by atoms with Gasteiger partial charge in [0, 0.05) is 23.4 Å². The topological polar surface area (TPSA) is 36.3 Å². The Morgan fingerprint density at radius 3 is 2.19 bits per heavy atom. The van der Waals surface area contributed by atoms with Crippen LogP contribution in [0.1, 0.15) is 19.4 Å². The van der Waals surface area contributed by atoms with Crippen molar-refractivity contribution in [3.8, 4) is 11.1 Å². The maximum Gasteiger partial charge on any atom is 0.213 e. The summed E-state index contributed by atoms with van der Waals surface area (Å²) in [5, 5.41) is 0. The Bertz CT molecular complexity index is 830. The SMILES string of the molecule is CC1(C)COC(Cn2ccnc2)(c2ccc(-c3ccccc3)cc2)OC1. The van der Waals surface area contributed by atoms with E-state index in [1.165, 1.54) is 11.1 Å². The molecule has 1 aliphatic rings. The summed E-state index contributed by atoms with van der Waals surface area (Å²) < 4.78 is 14.6. The van der Waals surface area contributed by atoms with Crippen molar-refractivity contribution in [2.24, 2.45) is 5.41 Å². The van der Waals surface area contributed by atoms with Crippen LogP contribution in [0.15, 0.2) is 73.3 Å². The fourth-order valence-corrected chi connectivity index (χ4v) is 3.22. The molecule has 134 valence electrons. The van der Waals surface area contributed by atoms with Crippen molar-refractivity contribution in [3.05, 3.63) is 78.9 Å². The lowest BCUT2D eigenvalue weighted by molar-refractivity contribution is -0.314. The molecule has 4 nitrogen and oxygen atoms in total. The van der Waals surface area contributed by atoms with E-state index >= 15 is 0 Å². The summed E-state index contributed by atoms with van der Waals surface area (Å²) in [4.78, 5) is 4.15. The normalized spacial score (nSPS) is 18.5. The Hall–Kier alpha value is -2.43. The Labute approximate surface area is 154 Å². The van der Waals surface area contributed by atoms with Crippen LogP contribution in [0.4, 0.5) is 0 Å². The molecule has 1 saturated heterocycles. The lowest BCUT2D eigenvalue weighted by Crippen LogP contribution is -2.47. The van der Waals surface area contributed by atoms with E-state index in [0.717, 1.165) is 5.56 Å². The molecule has 0 unspecified atom stereocenters. The molecule has 2 aromatic carbocycles. The van der Waals surface area contributed by atoms with Gasteiger partial charge in [0.2, 0.25) is 5.79 Å². The molecular weight excluding hydrogens is 324 g/mol. The predicted octanol–water partition coefficient (Wildman–Crippen LogP) is 4.48. The minimum Gasteiger partial charge on any atom is -0.344 e. The first-order valence-corrected chi connectivity index (χ1v) is 8.96. The summed E-state index contributed by atoms with van der Waals surface area (Å²) in [5.74, 6) is -0.786. The highest BCUT2D eigenvalue weighted by molar-refractivity contribution is 5.63. The van der Waals surface area contributed by atoms with Crippen LogP contribution in [0.2, 0.25) is 0 Å². The van der Waals surface area contributed by atoms with E-state index in [2.05, 4.69) is 67.4 Å². The summed E-state index contributed by atoms with van der Waals surface area (Å²) in [7, 11) is 0. The molecule has 1 aliphatic heterocycles. The molecule has 2 heterocycles. The van der Waals surface area contributed by atoms with Gasteiger partial charge in [-0.25, -0.2) is 4.98 Å². The number of rotatable bonds is 4. The van der Waals surface area contributed by atoms with Gasteiger partial charge in [0.05, 0.1) is 26.1 Å². The van der Waals surface area contributed by atoms with Gasteiger partial charge in [-0.15, -0.1) is 0 Å². The van der Waals surface area contributed by atoms with E-state index in [1.807, 2.05) is 16.8 Å². The van der Waals surface area contributed by atoms with Gasteiger partial charge < -0.3 is 14.0 Å². The van der Waals surface area contributed by atoms with Crippen LogP contribution >= 0.6 is 0 Å². The third kappa shape index (κ3) is 3.43. The zero-order valence-electron chi connectivity index (χ0n) is 15.3. The zero-order chi connectivity index (χ0) is 18.0. The van der Waals surface area contributed by atoms with Gasteiger partial charge in [-0.3, -0.25) is 0 Å². The van der Waals surface area contributed by atoms with E-state index in [1.54, 1.807) is 12.5 Å². The van der Waals surface area contributed by atoms with E-state index < -0.39 is 5.79 Å². The van der Waals surface area contributed by atoms with E-state index in [-0.39, 0.29) is 5.41 Å². The summed E-state index contributed by atoms with van der Waals surface area (Å²) in [6, 6.07) is 18.9. The number of ether oxygens (including phenoxy) is 2. The number of aromatic nitrogens is 2. The van der Waals surface area contributed by atoms with Crippen LogP contribution in [0.3, 0.4) is 0 Å². The second kappa shape index (κ2) is 6.71. The molecule has 4 rings (SSSR count). The van der Waals surface area contributed by atoms with Crippen molar-refractivity contribution >= 4 is 0 Å². The molecule has 0 aliphatic carbocycles. The molecule has 26 heavy (non-hydrogen) atoms. The van der Waals surface area contributed by atoms with Crippen molar-refractivity contribution in [2.45, 2.75) is 26.2 Å². The number of hydrogen-bond donors (Lipinski definition) is 0. The third-order valence-corrected chi connectivity index (χ3v) is 4.77. The van der Waals surface area contributed by atoms with Gasteiger partial charge in [-0.1, -0.05) is 68.4 Å². The second-order valence-electron chi connectivity index (χ2n) is 7.67. The van der Waals surface area contributed by atoms with Crippen LogP contribution in [-0.4, -0.2) is 22.8 Å². The molecule has 1 fully saturated rings. The molecule has 4 heteroatoms. The van der Waals surface area contributed by atoms with Gasteiger partial charge in [0.15, 0.2) is 0 Å². The fourth-order valence-electron chi connectivity index (χ4n) is 3.22. The lowest BCUT2D eigenvalue weighted by Gasteiger charge is -2.43. The molecular formula is C22H24N2O2.